The largest absolute Gasteiger partial charge is 0.416 e. The van der Waals surface area contributed by atoms with Gasteiger partial charge in [-0.2, -0.15) is 0 Å². The van der Waals surface area contributed by atoms with Gasteiger partial charge in [-0.25, -0.2) is 15.0 Å². The molecule has 1 fully saturated rings. The van der Waals surface area contributed by atoms with E-state index in [0.29, 0.717) is 29.5 Å². The third-order valence-corrected chi connectivity index (χ3v) is 11.4. The summed E-state index contributed by atoms with van der Waals surface area (Å²) in [5.41, 5.74) is 2.30. The van der Waals surface area contributed by atoms with Gasteiger partial charge in [0.2, 0.25) is 0 Å². The van der Waals surface area contributed by atoms with Gasteiger partial charge in [0.25, 0.3) is 0 Å². The smallest absolute Gasteiger partial charge is 0.192 e. The summed E-state index contributed by atoms with van der Waals surface area (Å²) in [5, 5.41) is 0.505. The van der Waals surface area contributed by atoms with Crippen LogP contribution in [0.1, 0.15) is 39.0 Å². The summed E-state index contributed by atoms with van der Waals surface area (Å²) in [6.07, 6.45) is 3.79. The first-order chi connectivity index (χ1) is 14.1. The Morgan fingerprint density at radius 1 is 1.20 bits per heavy atom. The fraction of sp³-hybridized carbons (Fsp3) is 0.500. The van der Waals surface area contributed by atoms with E-state index in [9.17, 15) is 0 Å². The van der Waals surface area contributed by atoms with Crippen LogP contribution in [-0.2, 0) is 14.6 Å². The monoisotopic (exact) mass is 444 g/mol. The molecule has 0 N–H and O–H groups in total. The molecule has 4 rings (SSSR count). The van der Waals surface area contributed by atoms with Crippen molar-refractivity contribution < 1.29 is 9.16 Å². The molecule has 0 spiro atoms. The standard InChI is InChI=1S/C22H29ClN4O2Si/c1-21(2,3)30(4,5)29-13-22(16-9-7-6-8-10-16)11-17(28-12-22)27-15-26-18-19(23)24-14-25-20(18)27/h6-10,14-15,17H,11-13H2,1-5H3/t17-,22+/m0/s1. The molecule has 3 heterocycles. The fourth-order valence-electron chi connectivity index (χ4n) is 3.63. The normalized spacial score (nSPS) is 22.7. The lowest BCUT2D eigenvalue weighted by molar-refractivity contribution is 0.0528. The Morgan fingerprint density at radius 3 is 2.63 bits per heavy atom. The SMILES string of the molecule is CC(C)(C)[Si](C)(C)OC[C@]1(c2ccccc2)CO[C@H](n2cnc3c(Cl)ncnc32)C1. The molecule has 1 aromatic carbocycles. The number of benzene rings is 1. The van der Waals surface area contributed by atoms with Crippen molar-refractivity contribution in [3.8, 4) is 0 Å². The molecule has 30 heavy (non-hydrogen) atoms. The summed E-state index contributed by atoms with van der Waals surface area (Å²) in [6.45, 7) is 12.6. The first kappa shape index (κ1) is 21.4. The number of hydrogen-bond donors (Lipinski definition) is 0. The van der Waals surface area contributed by atoms with Crippen LogP contribution in [0.25, 0.3) is 11.2 Å². The van der Waals surface area contributed by atoms with Crippen molar-refractivity contribution in [1.82, 2.24) is 19.5 Å². The zero-order chi connectivity index (χ0) is 21.6. The third kappa shape index (κ3) is 3.80. The Hall–Kier alpha value is -1.80. The average molecular weight is 445 g/mol. The van der Waals surface area contributed by atoms with Crippen molar-refractivity contribution in [3.63, 3.8) is 0 Å². The summed E-state index contributed by atoms with van der Waals surface area (Å²) < 4.78 is 15.0. The van der Waals surface area contributed by atoms with Crippen LogP contribution in [0.5, 0.6) is 0 Å². The number of nitrogens with zero attached hydrogens (tertiary/aromatic N) is 4. The second kappa shape index (κ2) is 7.71. The lowest BCUT2D eigenvalue weighted by Gasteiger charge is -2.39. The number of ether oxygens (including phenoxy) is 1. The van der Waals surface area contributed by atoms with Gasteiger partial charge >= 0.3 is 0 Å². The summed E-state index contributed by atoms with van der Waals surface area (Å²) in [5.74, 6) is 0. The molecule has 3 aromatic rings. The van der Waals surface area contributed by atoms with E-state index in [1.165, 1.54) is 11.9 Å². The molecule has 0 amide bonds. The summed E-state index contributed by atoms with van der Waals surface area (Å²) in [6, 6.07) is 10.5. The van der Waals surface area contributed by atoms with Gasteiger partial charge in [0, 0.05) is 18.4 Å². The molecule has 1 aliphatic rings. The topological polar surface area (TPSA) is 62.1 Å². The van der Waals surface area contributed by atoms with Crippen molar-refractivity contribution in [3.05, 3.63) is 53.7 Å². The van der Waals surface area contributed by atoms with E-state index in [1.54, 1.807) is 6.33 Å². The van der Waals surface area contributed by atoms with E-state index < -0.39 is 8.32 Å². The average Bonchev–Trinajstić information content (AvgIpc) is 3.32. The molecule has 6 nitrogen and oxygen atoms in total. The number of hydrogen-bond acceptors (Lipinski definition) is 5. The minimum atomic E-state index is -1.90. The van der Waals surface area contributed by atoms with E-state index >= 15 is 0 Å². The molecule has 0 aliphatic carbocycles. The van der Waals surface area contributed by atoms with Crippen LogP contribution < -0.4 is 0 Å². The molecule has 2 atom stereocenters. The van der Waals surface area contributed by atoms with Crippen LogP contribution in [0.3, 0.4) is 0 Å². The molecule has 2 aromatic heterocycles. The summed E-state index contributed by atoms with van der Waals surface area (Å²) in [7, 11) is -1.90. The highest BCUT2D eigenvalue weighted by atomic mass is 35.5. The van der Waals surface area contributed by atoms with E-state index in [4.69, 9.17) is 20.8 Å². The number of rotatable bonds is 5. The molecule has 1 saturated heterocycles. The lowest BCUT2D eigenvalue weighted by atomic mass is 9.80. The second-order valence-corrected chi connectivity index (χ2v) is 14.8. The molecule has 0 radical (unpaired) electrons. The summed E-state index contributed by atoms with van der Waals surface area (Å²) >= 11 is 6.19. The second-order valence-electron chi connectivity index (χ2n) is 9.65. The van der Waals surface area contributed by atoms with E-state index in [1.807, 2.05) is 10.6 Å². The Morgan fingerprint density at radius 2 is 1.93 bits per heavy atom. The number of aromatic nitrogens is 4. The maximum absolute atomic E-state index is 6.70. The third-order valence-electron chi connectivity index (χ3n) is 6.64. The first-order valence-corrected chi connectivity index (χ1v) is 13.6. The zero-order valence-electron chi connectivity index (χ0n) is 18.2. The van der Waals surface area contributed by atoms with Crippen molar-refractivity contribution in [1.29, 1.82) is 0 Å². The van der Waals surface area contributed by atoms with E-state index in [0.717, 1.165) is 6.42 Å². The zero-order valence-corrected chi connectivity index (χ0v) is 20.0. The number of imidazole rings is 1. The Labute approximate surface area is 183 Å². The molecular weight excluding hydrogens is 416 g/mol. The van der Waals surface area contributed by atoms with Gasteiger partial charge in [-0.15, -0.1) is 0 Å². The van der Waals surface area contributed by atoms with Crippen molar-refractivity contribution in [2.75, 3.05) is 13.2 Å². The van der Waals surface area contributed by atoms with Crippen LogP contribution in [-0.4, -0.2) is 41.1 Å². The molecule has 160 valence electrons. The first-order valence-electron chi connectivity index (χ1n) is 10.3. The van der Waals surface area contributed by atoms with Crippen LogP contribution >= 0.6 is 11.6 Å². The highest BCUT2D eigenvalue weighted by Crippen LogP contribution is 2.44. The number of halogens is 1. The van der Waals surface area contributed by atoms with E-state index in [-0.39, 0.29) is 16.7 Å². The van der Waals surface area contributed by atoms with Gasteiger partial charge in [0.15, 0.2) is 19.1 Å². The van der Waals surface area contributed by atoms with Gasteiger partial charge in [0.05, 0.1) is 12.9 Å². The minimum absolute atomic E-state index is 0.151. The fourth-order valence-corrected chi connectivity index (χ4v) is 4.88. The lowest BCUT2D eigenvalue weighted by Crippen LogP contribution is -2.45. The van der Waals surface area contributed by atoms with Gasteiger partial charge in [0.1, 0.15) is 18.1 Å². The molecule has 8 heteroatoms. The maximum atomic E-state index is 6.70. The van der Waals surface area contributed by atoms with Crippen molar-refractivity contribution >= 4 is 31.1 Å². The Kier molecular flexibility index (Phi) is 5.51. The molecule has 0 bridgehead atoms. The predicted molar refractivity (Wildman–Crippen MR) is 121 cm³/mol. The molecule has 0 unspecified atom stereocenters. The van der Waals surface area contributed by atoms with Gasteiger partial charge in [-0.3, -0.25) is 4.57 Å². The number of fused-ring (bicyclic) bond motifs is 1. The van der Waals surface area contributed by atoms with Crippen molar-refractivity contribution in [2.45, 2.75) is 57.0 Å². The Bertz CT molecular complexity index is 1030. The predicted octanol–water partition coefficient (Wildman–Crippen LogP) is 5.36. The summed E-state index contributed by atoms with van der Waals surface area (Å²) in [4.78, 5) is 12.8. The molecular formula is C22H29ClN4O2Si. The van der Waals surface area contributed by atoms with Gasteiger partial charge in [-0.1, -0.05) is 62.7 Å². The van der Waals surface area contributed by atoms with Crippen molar-refractivity contribution in [2.24, 2.45) is 0 Å². The molecule has 1 aliphatic heterocycles. The van der Waals surface area contributed by atoms with Gasteiger partial charge in [-0.05, 0) is 23.7 Å². The highest BCUT2D eigenvalue weighted by Gasteiger charge is 2.46. The van der Waals surface area contributed by atoms with Crippen LogP contribution in [0.15, 0.2) is 43.0 Å². The van der Waals surface area contributed by atoms with Crippen LogP contribution in [0.2, 0.25) is 23.3 Å². The highest BCUT2D eigenvalue weighted by molar-refractivity contribution is 6.74. The molecule has 0 saturated carbocycles. The van der Waals surface area contributed by atoms with Crippen LogP contribution in [0.4, 0.5) is 0 Å². The maximum Gasteiger partial charge on any atom is 0.192 e. The Balaban J connectivity index is 1.66. The van der Waals surface area contributed by atoms with E-state index in [2.05, 4.69) is 73.1 Å². The quantitative estimate of drug-likeness (QED) is 0.391. The van der Waals surface area contributed by atoms with Gasteiger partial charge < -0.3 is 9.16 Å². The minimum Gasteiger partial charge on any atom is -0.416 e. The van der Waals surface area contributed by atoms with Crippen LogP contribution in [0, 0.1) is 0 Å².